The van der Waals surface area contributed by atoms with Crippen molar-refractivity contribution in [1.82, 2.24) is 5.23 Å². The van der Waals surface area contributed by atoms with E-state index in [9.17, 15) is 25.2 Å². The average molecular weight is 580 g/mol. The summed E-state index contributed by atoms with van der Waals surface area (Å²) in [6.45, 7) is 8.76. The van der Waals surface area contributed by atoms with Crippen molar-refractivity contribution in [3.8, 4) is 0 Å². The molecule has 2 aliphatic heterocycles. The Morgan fingerprint density at radius 2 is 1.78 bits per heavy atom. The lowest BCUT2D eigenvalue weighted by Gasteiger charge is -2.64. The second-order valence-corrected chi connectivity index (χ2v) is 14.5. The standard InChI is InChI=1S/C31H49NO9/c1-17(2)40-32(41-28-27(36)26(35)24(33)16-39-28)20-7-10-29(3)19(14-20)5-6-23-22(29)8-11-30(4)21(9-12-31(23,30)37)18-13-25(34)38-15-18/h13,17,19-24,26-28,33,35-37H,5-12,14-16H2,1-4H3/t19-,20+,21-,22+,23-,24+,26+,27+,28?,29+,30-,31+/m1/s1. The molecule has 12 atom stereocenters. The number of nitrogens with zero attached hydrogens (tertiary/aromatic N) is 1. The van der Waals surface area contributed by atoms with Gasteiger partial charge in [-0.1, -0.05) is 19.1 Å². The molecule has 10 heteroatoms. The Labute approximate surface area is 242 Å². The van der Waals surface area contributed by atoms with Crippen LogP contribution in [0.4, 0.5) is 0 Å². The number of esters is 1. The first-order chi connectivity index (χ1) is 19.4. The second kappa shape index (κ2) is 10.8. The quantitative estimate of drug-likeness (QED) is 0.274. The summed E-state index contributed by atoms with van der Waals surface area (Å²) in [7, 11) is 0. The predicted molar refractivity (Wildman–Crippen MR) is 146 cm³/mol. The zero-order valence-electron chi connectivity index (χ0n) is 24.9. The van der Waals surface area contributed by atoms with Crippen LogP contribution >= 0.6 is 0 Å². The minimum absolute atomic E-state index is 0.0496. The number of aliphatic hydroxyl groups is 4. The smallest absolute Gasteiger partial charge is 0.331 e. The van der Waals surface area contributed by atoms with Crippen LogP contribution in [-0.4, -0.2) is 87.2 Å². The molecule has 6 rings (SSSR count). The van der Waals surface area contributed by atoms with E-state index in [0.29, 0.717) is 18.4 Å². The molecule has 0 bridgehead atoms. The van der Waals surface area contributed by atoms with Gasteiger partial charge in [0.05, 0.1) is 24.4 Å². The van der Waals surface area contributed by atoms with Gasteiger partial charge in [-0.25, -0.2) is 9.63 Å². The van der Waals surface area contributed by atoms with Crippen molar-refractivity contribution in [1.29, 1.82) is 0 Å². The van der Waals surface area contributed by atoms with Gasteiger partial charge in [-0.2, -0.15) is 0 Å². The summed E-state index contributed by atoms with van der Waals surface area (Å²) < 4.78 is 10.8. The zero-order chi connectivity index (χ0) is 29.3. The van der Waals surface area contributed by atoms with Crippen molar-refractivity contribution in [2.24, 2.45) is 34.5 Å². The molecule has 5 fully saturated rings. The minimum atomic E-state index is -1.39. The van der Waals surface area contributed by atoms with Gasteiger partial charge in [-0.05, 0) is 106 Å². The lowest BCUT2D eigenvalue weighted by Crippen LogP contribution is -2.63. The van der Waals surface area contributed by atoms with Gasteiger partial charge in [0, 0.05) is 11.5 Å². The number of hydrogen-bond donors (Lipinski definition) is 4. The first kappa shape index (κ1) is 29.9. The highest BCUT2D eigenvalue weighted by Gasteiger charge is 2.68. The molecule has 0 aromatic heterocycles. The lowest BCUT2D eigenvalue weighted by molar-refractivity contribution is -0.466. The third kappa shape index (κ3) is 4.81. The van der Waals surface area contributed by atoms with Gasteiger partial charge >= 0.3 is 5.97 Å². The zero-order valence-corrected chi connectivity index (χ0v) is 24.9. The van der Waals surface area contributed by atoms with Crippen LogP contribution in [0.2, 0.25) is 0 Å². The maximum Gasteiger partial charge on any atom is 0.331 e. The summed E-state index contributed by atoms with van der Waals surface area (Å²) in [5, 5.41) is 44.4. The van der Waals surface area contributed by atoms with E-state index in [4.69, 9.17) is 19.1 Å². The van der Waals surface area contributed by atoms with E-state index in [1.165, 1.54) is 5.23 Å². The molecule has 1 saturated heterocycles. The molecule has 4 aliphatic carbocycles. The Morgan fingerprint density at radius 1 is 1.00 bits per heavy atom. The molecule has 10 nitrogen and oxygen atoms in total. The van der Waals surface area contributed by atoms with Crippen LogP contribution in [0, 0.1) is 34.5 Å². The summed E-state index contributed by atoms with van der Waals surface area (Å²) >= 11 is 0. The molecule has 2 heterocycles. The molecule has 4 saturated carbocycles. The molecular weight excluding hydrogens is 530 g/mol. The normalized spacial score (nSPS) is 49.9. The van der Waals surface area contributed by atoms with Crippen LogP contribution in [-0.2, 0) is 23.9 Å². The van der Waals surface area contributed by atoms with E-state index in [1.807, 2.05) is 13.8 Å². The topological polar surface area (TPSA) is 138 Å². The summed E-state index contributed by atoms with van der Waals surface area (Å²) in [6.07, 6.45) is 4.84. The highest BCUT2D eigenvalue weighted by molar-refractivity contribution is 5.85. The highest BCUT2D eigenvalue weighted by atomic mass is 17.0. The van der Waals surface area contributed by atoms with E-state index < -0.39 is 30.2 Å². The molecular formula is C31H49NO9. The summed E-state index contributed by atoms with van der Waals surface area (Å²) in [6, 6.07) is -0.0496. The Hall–Kier alpha value is -1.11. The summed E-state index contributed by atoms with van der Waals surface area (Å²) in [5.41, 5.74) is 0.161. The number of ether oxygens (including phenoxy) is 2. The summed E-state index contributed by atoms with van der Waals surface area (Å²) in [4.78, 5) is 24.0. The third-order valence-corrected chi connectivity index (χ3v) is 12.2. The number of fused-ring (bicyclic) bond motifs is 5. The lowest BCUT2D eigenvalue weighted by atomic mass is 9.43. The second-order valence-electron chi connectivity index (χ2n) is 14.5. The number of aliphatic hydroxyl groups excluding tert-OH is 3. The van der Waals surface area contributed by atoms with E-state index in [-0.39, 0.29) is 47.4 Å². The number of carbonyl (C=O) groups is 1. The van der Waals surface area contributed by atoms with E-state index >= 15 is 0 Å². The van der Waals surface area contributed by atoms with Crippen molar-refractivity contribution in [2.75, 3.05) is 13.2 Å². The molecule has 41 heavy (non-hydrogen) atoms. The van der Waals surface area contributed by atoms with Crippen molar-refractivity contribution in [2.45, 2.75) is 128 Å². The monoisotopic (exact) mass is 579 g/mol. The predicted octanol–water partition coefficient (Wildman–Crippen LogP) is 2.62. The van der Waals surface area contributed by atoms with Gasteiger partial charge in [-0.3, -0.25) is 4.84 Å². The highest BCUT2D eigenvalue weighted by Crippen LogP contribution is 2.70. The molecule has 0 spiro atoms. The SMILES string of the molecule is CC(C)ON(OC1OC[C@H](O)[C@H](O)[C@@H]1O)[C@H]1CC[C@@]2(C)[C@H](CC[C@@H]3[C@@H]2CC[C@]2(C)[C@@H](C4=CC(=O)OC4)CC[C@]32O)C1. The first-order valence-electron chi connectivity index (χ1n) is 15.8. The van der Waals surface area contributed by atoms with Gasteiger partial charge in [0.25, 0.3) is 0 Å². The van der Waals surface area contributed by atoms with Gasteiger partial charge in [0.15, 0.2) is 0 Å². The number of carbonyl (C=O) groups excluding carboxylic acids is 1. The van der Waals surface area contributed by atoms with Crippen LogP contribution in [0.15, 0.2) is 11.6 Å². The van der Waals surface area contributed by atoms with Crippen LogP contribution < -0.4 is 0 Å². The van der Waals surface area contributed by atoms with Gasteiger partial charge < -0.3 is 29.9 Å². The van der Waals surface area contributed by atoms with Gasteiger partial charge in [0.1, 0.15) is 24.9 Å². The number of hydroxylamine groups is 2. The average Bonchev–Trinajstić information content (AvgIpc) is 3.47. The minimum Gasteiger partial charge on any atom is -0.458 e. The summed E-state index contributed by atoms with van der Waals surface area (Å²) in [5.74, 6) is 1.03. The molecule has 0 radical (unpaired) electrons. The van der Waals surface area contributed by atoms with Crippen LogP contribution in [0.25, 0.3) is 0 Å². The molecule has 0 amide bonds. The Balaban J connectivity index is 1.17. The Morgan fingerprint density at radius 3 is 2.49 bits per heavy atom. The van der Waals surface area contributed by atoms with E-state index in [0.717, 1.165) is 63.4 Å². The van der Waals surface area contributed by atoms with Crippen LogP contribution in [0.1, 0.15) is 85.5 Å². The Bertz CT molecular complexity index is 1040. The molecule has 4 N–H and O–H groups in total. The van der Waals surface area contributed by atoms with Gasteiger partial charge in [-0.15, -0.1) is 0 Å². The largest absolute Gasteiger partial charge is 0.458 e. The number of rotatable bonds is 6. The van der Waals surface area contributed by atoms with Crippen LogP contribution in [0.3, 0.4) is 0 Å². The van der Waals surface area contributed by atoms with Crippen molar-refractivity contribution < 1.29 is 44.4 Å². The molecule has 1 unspecified atom stereocenters. The maximum absolute atomic E-state index is 12.5. The van der Waals surface area contributed by atoms with Gasteiger partial charge in [0.2, 0.25) is 6.29 Å². The van der Waals surface area contributed by atoms with Crippen molar-refractivity contribution in [3.63, 3.8) is 0 Å². The third-order valence-electron chi connectivity index (χ3n) is 12.2. The fraction of sp³-hybridized carbons (Fsp3) is 0.903. The fourth-order valence-corrected chi connectivity index (χ4v) is 9.96. The Kier molecular flexibility index (Phi) is 7.89. The molecule has 0 aromatic carbocycles. The molecule has 6 aliphatic rings. The fourth-order valence-electron chi connectivity index (χ4n) is 9.96. The maximum atomic E-state index is 12.5. The first-order valence-corrected chi connectivity index (χ1v) is 15.8. The molecule has 0 aromatic rings. The van der Waals surface area contributed by atoms with E-state index in [2.05, 4.69) is 13.8 Å². The van der Waals surface area contributed by atoms with E-state index in [1.54, 1.807) is 6.08 Å². The number of cyclic esters (lactones) is 1. The van der Waals surface area contributed by atoms with Crippen molar-refractivity contribution >= 4 is 5.97 Å². The molecule has 232 valence electrons. The van der Waals surface area contributed by atoms with Crippen LogP contribution in [0.5, 0.6) is 0 Å². The number of hydrogen-bond acceptors (Lipinski definition) is 10. The van der Waals surface area contributed by atoms with Crippen molar-refractivity contribution in [3.05, 3.63) is 11.6 Å².